The van der Waals surface area contributed by atoms with Crippen LogP contribution in [0.15, 0.2) is 30.3 Å². The molecule has 14 heavy (non-hydrogen) atoms. The summed E-state index contributed by atoms with van der Waals surface area (Å²) in [6.07, 6.45) is 0. The predicted octanol–water partition coefficient (Wildman–Crippen LogP) is 1.45. The van der Waals surface area contributed by atoms with E-state index < -0.39 is 0 Å². The number of rotatable bonds is 4. The first-order valence-electron chi connectivity index (χ1n) is 4.87. The molecule has 0 aliphatic carbocycles. The summed E-state index contributed by atoms with van der Waals surface area (Å²) in [5.74, 6) is 0. The topological polar surface area (TPSA) is 21.7 Å². The van der Waals surface area contributed by atoms with Crippen LogP contribution in [0, 0.1) is 0 Å². The van der Waals surface area contributed by atoms with Crippen molar-refractivity contribution in [1.29, 1.82) is 0 Å². The molecule has 0 unspecified atom stereocenters. The number of hydrogen-bond donors (Lipinski definition) is 0. The van der Waals surface area contributed by atoms with Gasteiger partial charge in [-0.05, 0) is 5.56 Å². The van der Waals surface area contributed by atoms with E-state index >= 15 is 0 Å². The van der Waals surface area contributed by atoms with Crippen LogP contribution in [-0.4, -0.2) is 31.5 Å². The summed E-state index contributed by atoms with van der Waals surface area (Å²) >= 11 is 0. The highest BCUT2D eigenvalue weighted by Gasteiger charge is 2.10. The Balaban J connectivity index is 1.67. The van der Waals surface area contributed by atoms with Crippen LogP contribution in [0.25, 0.3) is 0 Å². The lowest BCUT2D eigenvalue weighted by Gasteiger charge is -2.12. The Hall–Kier alpha value is -0.900. The second kappa shape index (κ2) is 5.10. The molecule has 1 fully saturated rings. The van der Waals surface area contributed by atoms with Crippen LogP contribution < -0.4 is 0 Å². The van der Waals surface area contributed by atoms with Gasteiger partial charge in [0.05, 0.1) is 13.2 Å². The molecule has 1 aliphatic rings. The largest absolute Gasteiger partial charge is 0.365 e. The van der Waals surface area contributed by atoms with Crippen molar-refractivity contribution in [2.24, 2.45) is 0 Å². The summed E-state index contributed by atoms with van der Waals surface area (Å²) in [5.41, 5.74) is 1.22. The summed E-state index contributed by atoms with van der Waals surface area (Å²) in [7, 11) is 0. The molecule has 0 bridgehead atoms. The smallest absolute Gasteiger partial charge is 0.101 e. The van der Waals surface area contributed by atoms with Crippen molar-refractivity contribution in [3.63, 3.8) is 0 Å². The van der Waals surface area contributed by atoms with Gasteiger partial charge in [0.25, 0.3) is 0 Å². The van der Waals surface area contributed by atoms with Crippen molar-refractivity contribution in [3.8, 4) is 0 Å². The van der Waals surface area contributed by atoms with Crippen LogP contribution in [0.3, 0.4) is 0 Å². The molecule has 0 radical (unpaired) electrons. The van der Waals surface area contributed by atoms with E-state index in [1.165, 1.54) is 5.56 Å². The number of nitrogens with zero attached hydrogens (tertiary/aromatic N) is 1. The minimum absolute atomic E-state index is 0.662. The maximum Gasteiger partial charge on any atom is 0.101 e. The van der Waals surface area contributed by atoms with Crippen LogP contribution >= 0.6 is 0 Å². The van der Waals surface area contributed by atoms with Crippen LogP contribution in [0.1, 0.15) is 5.56 Å². The molecular formula is C11H15NO2. The molecule has 2 rings (SSSR count). The normalized spacial score (nSPS) is 17.4. The fraction of sp³-hybridized carbons (Fsp3) is 0.455. The van der Waals surface area contributed by atoms with Crippen LogP contribution in [0.4, 0.5) is 0 Å². The fourth-order valence-corrected chi connectivity index (χ4v) is 1.42. The minimum atomic E-state index is 0.662. The zero-order valence-electron chi connectivity index (χ0n) is 8.19. The van der Waals surface area contributed by atoms with Crippen molar-refractivity contribution in [3.05, 3.63) is 35.9 Å². The molecule has 3 heteroatoms. The van der Waals surface area contributed by atoms with Crippen molar-refractivity contribution in [1.82, 2.24) is 4.90 Å². The standard InChI is InChI=1S/C11H15NO2/c1-2-4-11(5-3-1)8-14-10-12-6-7-13-9-12/h1-5H,6-10H2. The molecule has 0 N–H and O–H groups in total. The minimum Gasteiger partial charge on any atom is -0.365 e. The molecule has 0 spiro atoms. The van der Waals surface area contributed by atoms with E-state index in [1.54, 1.807) is 0 Å². The van der Waals surface area contributed by atoms with Gasteiger partial charge in [0.15, 0.2) is 0 Å². The molecule has 1 saturated heterocycles. The SMILES string of the molecule is c1ccc(COCN2CCOC2)cc1. The van der Waals surface area contributed by atoms with E-state index in [2.05, 4.69) is 17.0 Å². The van der Waals surface area contributed by atoms with Crippen LogP contribution in [0.5, 0.6) is 0 Å². The lowest BCUT2D eigenvalue weighted by Crippen LogP contribution is -2.23. The molecule has 76 valence electrons. The van der Waals surface area contributed by atoms with Gasteiger partial charge in [-0.3, -0.25) is 4.90 Å². The third-order valence-corrected chi connectivity index (χ3v) is 2.21. The van der Waals surface area contributed by atoms with E-state index in [0.717, 1.165) is 13.2 Å². The Morgan fingerprint density at radius 2 is 2.14 bits per heavy atom. The van der Waals surface area contributed by atoms with Crippen molar-refractivity contribution in [2.75, 3.05) is 26.6 Å². The summed E-state index contributed by atoms with van der Waals surface area (Å²) in [6, 6.07) is 10.2. The van der Waals surface area contributed by atoms with Gasteiger partial charge in [0.2, 0.25) is 0 Å². The predicted molar refractivity (Wildman–Crippen MR) is 53.6 cm³/mol. The zero-order chi connectivity index (χ0) is 9.64. The number of hydrogen-bond acceptors (Lipinski definition) is 3. The summed E-state index contributed by atoms with van der Waals surface area (Å²) in [5, 5.41) is 0. The Morgan fingerprint density at radius 3 is 2.86 bits per heavy atom. The first-order valence-corrected chi connectivity index (χ1v) is 4.87. The van der Waals surface area contributed by atoms with E-state index in [0.29, 0.717) is 20.1 Å². The van der Waals surface area contributed by atoms with Gasteiger partial charge in [-0.1, -0.05) is 30.3 Å². The van der Waals surface area contributed by atoms with Crippen molar-refractivity contribution >= 4 is 0 Å². The molecule has 1 aromatic carbocycles. The summed E-state index contributed by atoms with van der Waals surface area (Å²) in [6.45, 7) is 3.85. The van der Waals surface area contributed by atoms with E-state index in [4.69, 9.17) is 9.47 Å². The van der Waals surface area contributed by atoms with Crippen LogP contribution in [0.2, 0.25) is 0 Å². The van der Waals surface area contributed by atoms with Gasteiger partial charge in [-0.25, -0.2) is 0 Å². The maximum atomic E-state index is 5.55. The lowest BCUT2D eigenvalue weighted by molar-refractivity contribution is 0.00810. The van der Waals surface area contributed by atoms with Gasteiger partial charge in [0.1, 0.15) is 13.5 Å². The first kappa shape index (κ1) is 9.65. The molecule has 3 nitrogen and oxygen atoms in total. The van der Waals surface area contributed by atoms with Gasteiger partial charge >= 0.3 is 0 Å². The molecule has 1 aliphatic heterocycles. The highest BCUT2D eigenvalue weighted by atomic mass is 16.5. The average Bonchev–Trinajstić information content (AvgIpc) is 2.72. The molecular weight excluding hydrogens is 178 g/mol. The first-order chi connectivity index (χ1) is 6.95. The third-order valence-electron chi connectivity index (χ3n) is 2.21. The maximum absolute atomic E-state index is 5.55. The fourth-order valence-electron chi connectivity index (χ4n) is 1.42. The number of benzene rings is 1. The van der Waals surface area contributed by atoms with E-state index in [1.807, 2.05) is 18.2 Å². The number of ether oxygens (including phenoxy) is 2. The highest BCUT2D eigenvalue weighted by molar-refractivity contribution is 5.13. The van der Waals surface area contributed by atoms with Gasteiger partial charge < -0.3 is 9.47 Å². The Bertz CT molecular complexity index is 257. The van der Waals surface area contributed by atoms with E-state index in [-0.39, 0.29) is 0 Å². The zero-order valence-corrected chi connectivity index (χ0v) is 8.19. The molecule has 0 aromatic heterocycles. The quantitative estimate of drug-likeness (QED) is 0.722. The van der Waals surface area contributed by atoms with Crippen LogP contribution in [-0.2, 0) is 16.1 Å². The Morgan fingerprint density at radius 1 is 1.29 bits per heavy atom. The van der Waals surface area contributed by atoms with Gasteiger partial charge in [0, 0.05) is 6.54 Å². The van der Waals surface area contributed by atoms with Gasteiger partial charge in [-0.15, -0.1) is 0 Å². The van der Waals surface area contributed by atoms with Gasteiger partial charge in [-0.2, -0.15) is 0 Å². The lowest BCUT2D eigenvalue weighted by atomic mass is 10.2. The summed E-state index contributed by atoms with van der Waals surface area (Å²) < 4.78 is 10.8. The van der Waals surface area contributed by atoms with Crippen molar-refractivity contribution < 1.29 is 9.47 Å². The summed E-state index contributed by atoms with van der Waals surface area (Å²) in [4.78, 5) is 2.14. The molecule has 1 aromatic rings. The molecule has 0 amide bonds. The molecule has 1 heterocycles. The molecule has 0 atom stereocenters. The Kier molecular flexibility index (Phi) is 3.51. The average molecular weight is 193 g/mol. The highest BCUT2D eigenvalue weighted by Crippen LogP contribution is 2.03. The Labute approximate surface area is 84.2 Å². The van der Waals surface area contributed by atoms with Crippen molar-refractivity contribution in [2.45, 2.75) is 6.61 Å². The van der Waals surface area contributed by atoms with E-state index in [9.17, 15) is 0 Å². The second-order valence-corrected chi connectivity index (χ2v) is 3.39. The molecule has 0 saturated carbocycles. The second-order valence-electron chi connectivity index (χ2n) is 3.39. The monoisotopic (exact) mass is 193 g/mol. The third kappa shape index (κ3) is 2.80.